The third-order valence-corrected chi connectivity index (χ3v) is 3.40. The Labute approximate surface area is 113 Å². The van der Waals surface area contributed by atoms with Gasteiger partial charge in [0.1, 0.15) is 5.82 Å². The fraction of sp³-hybridized carbons (Fsp3) is 0.615. The van der Waals surface area contributed by atoms with E-state index in [1.165, 1.54) is 5.56 Å². The van der Waals surface area contributed by atoms with Gasteiger partial charge >= 0.3 is 0 Å². The van der Waals surface area contributed by atoms with Crippen LogP contribution in [0.4, 0.5) is 5.82 Å². The average molecular weight is 300 g/mol. The molecule has 0 fully saturated rings. The van der Waals surface area contributed by atoms with E-state index in [9.17, 15) is 0 Å². The molecular weight excluding hydrogens is 278 g/mol. The first-order chi connectivity index (χ1) is 8.04. The molecule has 1 aromatic heterocycles. The van der Waals surface area contributed by atoms with Crippen LogP contribution in [0.15, 0.2) is 16.7 Å². The maximum absolute atomic E-state index is 5.59. The highest BCUT2D eigenvalue weighted by Gasteiger charge is 2.10. The zero-order valence-corrected chi connectivity index (χ0v) is 12.5. The number of anilines is 1. The maximum Gasteiger partial charge on any atom is 0.128 e. The summed E-state index contributed by atoms with van der Waals surface area (Å²) in [4.78, 5) is 6.80. The predicted octanol–water partition coefficient (Wildman–Crippen LogP) is 2.96. The number of hydrogen-bond donors (Lipinski definition) is 1. The van der Waals surface area contributed by atoms with E-state index in [-0.39, 0.29) is 0 Å². The first-order valence-corrected chi connectivity index (χ1v) is 6.91. The molecule has 0 radical (unpaired) electrons. The summed E-state index contributed by atoms with van der Waals surface area (Å²) < 4.78 is 1.06. The number of nitrogens with zero attached hydrogens (tertiary/aromatic N) is 2. The van der Waals surface area contributed by atoms with Gasteiger partial charge in [0.15, 0.2) is 0 Å². The predicted molar refractivity (Wildman–Crippen MR) is 77.4 cm³/mol. The molecule has 2 N–H and O–H groups in total. The van der Waals surface area contributed by atoms with Gasteiger partial charge in [-0.2, -0.15) is 0 Å². The molecule has 1 aromatic rings. The molecule has 0 aliphatic carbocycles. The Balaban J connectivity index is 2.83. The second-order valence-corrected chi connectivity index (χ2v) is 5.63. The minimum atomic E-state index is 0.624. The topological polar surface area (TPSA) is 42.1 Å². The van der Waals surface area contributed by atoms with Gasteiger partial charge in [-0.1, -0.05) is 13.8 Å². The third-order valence-electron chi connectivity index (χ3n) is 2.57. The molecule has 4 heteroatoms. The molecular formula is C13H22BrN3. The first-order valence-electron chi connectivity index (χ1n) is 6.11. The van der Waals surface area contributed by atoms with Crippen molar-refractivity contribution in [3.05, 3.63) is 22.3 Å². The monoisotopic (exact) mass is 299 g/mol. The van der Waals surface area contributed by atoms with Crippen LogP contribution in [0.2, 0.25) is 0 Å². The fourth-order valence-electron chi connectivity index (χ4n) is 1.72. The maximum atomic E-state index is 5.59. The van der Waals surface area contributed by atoms with E-state index in [4.69, 9.17) is 5.73 Å². The standard InChI is InChI=1S/C13H22BrN3/c1-10(2)9-17(6-4-5-15)13-7-11(3)12(14)8-16-13/h7-8,10H,4-6,9,15H2,1-3H3. The summed E-state index contributed by atoms with van der Waals surface area (Å²) in [5, 5.41) is 0. The third kappa shape index (κ3) is 4.64. The molecule has 0 unspecified atom stereocenters. The van der Waals surface area contributed by atoms with Gasteiger partial charge in [-0.25, -0.2) is 4.98 Å². The van der Waals surface area contributed by atoms with E-state index in [1.807, 2.05) is 6.20 Å². The molecule has 3 nitrogen and oxygen atoms in total. The lowest BCUT2D eigenvalue weighted by molar-refractivity contribution is 0.596. The lowest BCUT2D eigenvalue weighted by Gasteiger charge is -2.25. The molecule has 0 aromatic carbocycles. The average Bonchev–Trinajstić information content (AvgIpc) is 2.27. The van der Waals surface area contributed by atoms with Gasteiger partial charge in [0.05, 0.1) is 0 Å². The van der Waals surface area contributed by atoms with Crippen LogP contribution in [0.25, 0.3) is 0 Å². The van der Waals surface area contributed by atoms with Gasteiger partial charge in [-0.15, -0.1) is 0 Å². The molecule has 0 aliphatic heterocycles. The highest BCUT2D eigenvalue weighted by atomic mass is 79.9. The number of hydrogen-bond acceptors (Lipinski definition) is 3. The van der Waals surface area contributed by atoms with Crippen molar-refractivity contribution in [3.8, 4) is 0 Å². The van der Waals surface area contributed by atoms with Crippen LogP contribution in [0.3, 0.4) is 0 Å². The molecule has 17 heavy (non-hydrogen) atoms. The zero-order valence-electron chi connectivity index (χ0n) is 10.9. The van der Waals surface area contributed by atoms with Crippen molar-refractivity contribution in [3.63, 3.8) is 0 Å². The molecule has 0 spiro atoms. The Bertz CT molecular complexity index is 353. The van der Waals surface area contributed by atoms with Crippen LogP contribution in [0.1, 0.15) is 25.8 Å². The number of aromatic nitrogens is 1. The van der Waals surface area contributed by atoms with Gasteiger partial charge in [-0.05, 0) is 53.4 Å². The van der Waals surface area contributed by atoms with E-state index >= 15 is 0 Å². The van der Waals surface area contributed by atoms with Crippen LogP contribution in [0.5, 0.6) is 0 Å². The number of halogens is 1. The summed E-state index contributed by atoms with van der Waals surface area (Å²) in [5.41, 5.74) is 6.80. The summed E-state index contributed by atoms with van der Waals surface area (Å²) in [6.07, 6.45) is 2.88. The highest BCUT2D eigenvalue weighted by Crippen LogP contribution is 2.20. The van der Waals surface area contributed by atoms with Gasteiger partial charge in [-0.3, -0.25) is 0 Å². The Morgan fingerprint density at radius 1 is 1.47 bits per heavy atom. The fourth-order valence-corrected chi connectivity index (χ4v) is 1.94. The Hall–Kier alpha value is -0.610. The number of aryl methyl sites for hydroxylation is 1. The largest absolute Gasteiger partial charge is 0.356 e. The molecule has 1 heterocycles. The minimum absolute atomic E-state index is 0.624. The molecule has 0 saturated heterocycles. The second-order valence-electron chi connectivity index (χ2n) is 4.77. The minimum Gasteiger partial charge on any atom is -0.356 e. The lowest BCUT2D eigenvalue weighted by Crippen LogP contribution is -2.30. The van der Waals surface area contributed by atoms with Gasteiger partial charge in [0, 0.05) is 23.8 Å². The number of nitrogens with two attached hydrogens (primary N) is 1. The lowest BCUT2D eigenvalue weighted by atomic mass is 10.2. The Morgan fingerprint density at radius 3 is 2.71 bits per heavy atom. The molecule has 0 aliphatic rings. The second kappa shape index (κ2) is 6.97. The summed E-state index contributed by atoms with van der Waals surface area (Å²) >= 11 is 3.48. The molecule has 0 bridgehead atoms. The molecule has 96 valence electrons. The molecule has 0 saturated carbocycles. The van der Waals surface area contributed by atoms with Crippen LogP contribution < -0.4 is 10.6 Å². The van der Waals surface area contributed by atoms with Crippen molar-refractivity contribution in [2.45, 2.75) is 27.2 Å². The van der Waals surface area contributed by atoms with E-state index in [1.54, 1.807) is 0 Å². The van der Waals surface area contributed by atoms with Crippen molar-refractivity contribution in [2.75, 3.05) is 24.5 Å². The Morgan fingerprint density at radius 2 is 2.18 bits per heavy atom. The quantitative estimate of drug-likeness (QED) is 0.878. The van der Waals surface area contributed by atoms with E-state index < -0.39 is 0 Å². The van der Waals surface area contributed by atoms with Gasteiger partial charge < -0.3 is 10.6 Å². The summed E-state index contributed by atoms with van der Waals surface area (Å²) in [7, 11) is 0. The van der Waals surface area contributed by atoms with Gasteiger partial charge in [0.2, 0.25) is 0 Å². The summed E-state index contributed by atoms with van der Waals surface area (Å²) in [6, 6.07) is 2.13. The van der Waals surface area contributed by atoms with Crippen molar-refractivity contribution in [1.29, 1.82) is 0 Å². The number of rotatable bonds is 6. The van der Waals surface area contributed by atoms with Crippen molar-refractivity contribution >= 4 is 21.7 Å². The molecule has 1 rings (SSSR count). The summed E-state index contributed by atoms with van der Waals surface area (Å²) in [5.74, 6) is 1.67. The van der Waals surface area contributed by atoms with E-state index in [0.29, 0.717) is 5.92 Å². The van der Waals surface area contributed by atoms with E-state index in [0.717, 1.165) is 36.3 Å². The summed E-state index contributed by atoms with van der Waals surface area (Å²) in [6.45, 7) is 9.26. The van der Waals surface area contributed by atoms with Crippen molar-refractivity contribution < 1.29 is 0 Å². The van der Waals surface area contributed by atoms with Gasteiger partial charge in [0.25, 0.3) is 0 Å². The van der Waals surface area contributed by atoms with Crippen LogP contribution in [-0.2, 0) is 0 Å². The van der Waals surface area contributed by atoms with Crippen LogP contribution in [-0.4, -0.2) is 24.6 Å². The molecule has 0 amide bonds. The zero-order chi connectivity index (χ0) is 12.8. The van der Waals surface area contributed by atoms with Crippen molar-refractivity contribution in [2.24, 2.45) is 11.7 Å². The normalized spacial score (nSPS) is 10.9. The smallest absolute Gasteiger partial charge is 0.128 e. The SMILES string of the molecule is Cc1cc(N(CCCN)CC(C)C)ncc1Br. The van der Waals surface area contributed by atoms with Crippen molar-refractivity contribution in [1.82, 2.24) is 4.98 Å². The van der Waals surface area contributed by atoms with Crippen LogP contribution >= 0.6 is 15.9 Å². The Kier molecular flexibility index (Phi) is 5.92. The van der Waals surface area contributed by atoms with E-state index in [2.05, 4.69) is 52.7 Å². The van der Waals surface area contributed by atoms with Crippen LogP contribution in [0, 0.1) is 12.8 Å². The first kappa shape index (κ1) is 14.5. The highest BCUT2D eigenvalue weighted by molar-refractivity contribution is 9.10. The number of pyridine rings is 1. The molecule has 0 atom stereocenters.